The lowest BCUT2D eigenvalue weighted by atomic mass is 9.52. The fourth-order valence-electron chi connectivity index (χ4n) is 3.43. The molecule has 1 heteroatoms. The van der Waals surface area contributed by atoms with Crippen molar-refractivity contribution in [2.45, 2.75) is 51.9 Å². The Labute approximate surface area is 87.5 Å². The number of ether oxygens (including phenoxy) is 1. The van der Waals surface area contributed by atoms with Crippen molar-refractivity contribution in [3.8, 4) is 0 Å². The van der Waals surface area contributed by atoms with Crippen LogP contribution in [0.2, 0.25) is 0 Å². The Morgan fingerprint density at radius 1 is 1.14 bits per heavy atom. The lowest BCUT2D eigenvalue weighted by Gasteiger charge is -2.53. The summed E-state index contributed by atoms with van der Waals surface area (Å²) < 4.78 is 5.38. The molecule has 3 aliphatic carbocycles. The largest absolute Gasteiger partial charge is 0.501 e. The molecule has 3 fully saturated rings. The number of hydrogen-bond donors (Lipinski definition) is 0. The van der Waals surface area contributed by atoms with Crippen LogP contribution in [0.15, 0.2) is 12.3 Å². The molecule has 0 aromatic rings. The van der Waals surface area contributed by atoms with Crippen LogP contribution in [0.5, 0.6) is 0 Å². The minimum atomic E-state index is 0.353. The summed E-state index contributed by atoms with van der Waals surface area (Å²) in [6, 6.07) is 0. The maximum Gasteiger partial charge on any atom is 0.0945 e. The molecule has 1 nitrogen and oxygen atoms in total. The molecule has 0 spiro atoms. The van der Waals surface area contributed by atoms with E-state index in [-0.39, 0.29) is 0 Å². The number of methoxy groups -OCH3 is 1. The van der Waals surface area contributed by atoms with Crippen molar-refractivity contribution in [2.24, 2.45) is 10.8 Å². The van der Waals surface area contributed by atoms with E-state index in [1.165, 1.54) is 44.9 Å². The molecule has 3 saturated carbocycles. The molecule has 0 N–H and O–H groups in total. The molecule has 0 heterocycles. The Morgan fingerprint density at radius 2 is 1.64 bits per heavy atom. The second-order valence-corrected chi connectivity index (χ2v) is 5.26. The SMILES string of the molecule is C=C(OC)C12CCC(CC)(CC1)CC2. The van der Waals surface area contributed by atoms with Gasteiger partial charge >= 0.3 is 0 Å². The van der Waals surface area contributed by atoms with Crippen LogP contribution in [-0.2, 0) is 4.74 Å². The monoisotopic (exact) mass is 194 g/mol. The number of allylic oxidation sites excluding steroid dienone is 1. The summed E-state index contributed by atoms with van der Waals surface area (Å²) in [5, 5.41) is 0. The molecule has 0 aromatic carbocycles. The molecule has 14 heavy (non-hydrogen) atoms. The summed E-state index contributed by atoms with van der Waals surface area (Å²) in [6.07, 6.45) is 9.49. The normalized spacial score (nSPS) is 41.0. The van der Waals surface area contributed by atoms with Gasteiger partial charge in [-0.05, 0) is 43.9 Å². The number of hydrogen-bond acceptors (Lipinski definition) is 1. The van der Waals surface area contributed by atoms with Gasteiger partial charge < -0.3 is 4.74 Å². The van der Waals surface area contributed by atoms with Gasteiger partial charge in [0.15, 0.2) is 0 Å². The third-order valence-corrected chi connectivity index (χ3v) is 4.99. The fourth-order valence-corrected chi connectivity index (χ4v) is 3.43. The summed E-state index contributed by atoms with van der Waals surface area (Å²) in [5.41, 5.74) is 1.04. The van der Waals surface area contributed by atoms with E-state index in [9.17, 15) is 0 Å². The van der Waals surface area contributed by atoms with Gasteiger partial charge in [-0.1, -0.05) is 19.9 Å². The lowest BCUT2D eigenvalue weighted by Crippen LogP contribution is -2.42. The molecule has 3 aliphatic rings. The summed E-state index contributed by atoms with van der Waals surface area (Å²) in [4.78, 5) is 0. The zero-order valence-corrected chi connectivity index (χ0v) is 9.57. The Bertz CT molecular complexity index is 217. The van der Waals surface area contributed by atoms with Gasteiger partial charge in [0.2, 0.25) is 0 Å². The van der Waals surface area contributed by atoms with Gasteiger partial charge in [-0.3, -0.25) is 0 Å². The maximum absolute atomic E-state index is 5.38. The first-order valence-electron chi connectivity index (χ1n) is 5.90. The van der Waals surface area contributed by atoms with E-state index in [4.69, 9.17) is 4.74 Å². The van der Waals surface area contributed by atoms with Crippen molar-refractivity contribution in [2.75, 3.05) is 7.11 Å². The van der Waals surface area contributed by atoms with Crippen molar-refractivity contribution in [1.82, 2.24) is 0 Å². The Hall–Kier alpha value is -0.460. The molecule has 0 aromatic heterocycles. The highest BCUT2D eigenvalue weighted by molar-refractivity contribution is 5.11. The van der Waals surface area contributed by atoms with Crippen molar-refractivity contribution >= 4 is 0 Å². The van der Waals surface area contributed by atoms with Crippen LogP contribution in [0.3, 0.4) is 0 Å². The highest BCUT2D eigenvalue weighted by Crippen LogP contribution is 2.60. The van der Waals surface area contributed by atoms with Gasteiger partial charge in [0.1, 0.15) is 0 Å². The van der Waals surface area contributed by atoms with Gasteiger partial charge in [0.25, 0.3) is 0 Å². The highest BCUT2D eigenvalue weighted by Gasteiger charge is 2.49. The van der Waals surface area contributed by atoms with Crippen LogP contribution in [0.4, 0.5) is 0 Å². The molecule has 0 amide bonds. The van der Waals surface area contributed by atoms with Crippen LogP contribution in [0, 0.1) is 10.8 Å². The molecule has 0 unspecified atom stereocenters. The van der Waals surface area contributed by atoms with E-state index in [1.807, 2.05) is 0 Å². The first kappa shape index (κ1) is 10.1. The molecule has 0 aliphatic heterocycles. The zero-order chi connectivity index (χ0) is 10.2. The number of fused-ring (bicyclic) bond motifs is 3. The topological polar surface area (TPSA) is 9.23 Å². The average Bonchev–Trinajstić information content (AvgIpc) is 2.30. The summed E-state index contributed by atoms with van der Waals surface area (Å²) in [7, 11) is 1.77. The predicted molar refractivity (Wildman–Crippen MR) is 59.0 cm³/mol. The zero-order valence-electron chi connectivity index (χ0n) is 9.57. The van der Waals surface area contributed by atoms with E-state index in [0.29, 0.717) is 10.8 Å². The van der Waals surface area contributed by atoms with Gasteiger partial charge in [0, 0.05) is 5.41 Å². The van der Waals surface area contributed by atoms with Gasteiger partial charge in [-0.2, -0.15) is 0 Å². The lowest BCUT2D eigenvalue weighted by molar-refractivity contribution is -0.0172. The molecule has 3 rings (SSSR count). The standard InChI is InChI=1S/C13H22O/c1-4-12-5-8-13(9-6-12,10-7-12)11(2)14-3/h2,4-10H2,1,3H3. The second-order valence-electron chi connectivity index (χ2n) is 5.26. The third-order valence-electron chi connectivity index (χ3n) is 4.99. The van der Waals surface area contributed by atoms with Crippen molar-refractivity contribution < 1.29 is 4.74 Å². The van der Waals surface area contributed by atoms with E-state index in [2.05, 4.69) is 13.5 Å². The van der Waals surface area contributed by atoms with E-state index < -0.39 is 0 Å². The van der Waals surface area contributed by atoms with Gasteiger partial charge in [-0.15, -0.1) is 0 Å². The summed E-state index contributed by atoms with van der Waals surface area (Å²) in [5.74, 6) is 1.04. The molecular weight excluding hydrogens is 172 g/mol. The number of rotatable bonds is 3. The molecule has 0 saturated heterocycles. The quantitative estimate of drug-likeness (QED) is 0.619. The first-order chi connectivity index (χ1) is 6.66. The van der Waals surface area contributed by atoms with Crippen LogP contribution < -0.4 is 0 Å². The highest BCUT2D eigenvalue weighted by atomic mass is 16.5. The van der Waals surface area contributed by atoms with Gasteiger partial charge in [-0.25, -0.2) is 0 Å². The van der Waals surface area contributed by atoms with Crippen LogP contribution >= 0.6 is 0 Å². The van der Waals surface area contributed by atoms with Crippen molar-refractivity contribution in [3.05, 3.63) is 12.3 Å². The van der Waals surface area contributed by atoms with Crippen LogP contribution in [0.1, 0.15) is 51.9 Å². The molecule has 0 atom stereocenters. The predicted octanol–water partition coefficient (Wildman–Crippen LogP) is 3.90. The Balaban J connectivity index is 2.12. The van der Waals surface area contributed by atoms with E-state index in [0.717, 1.165) is 5.76 Å². The molecular formula is C13H22O. The minimum absolute atomic E-state index is 0.353. The third kappa shape index (κ3) is 1.29. The molecule has 2 bridgehead atoms. The first-order valence-corrected chi connectivity index (χ1v) is 5.90. The average molecular weight is 194 g/mol. The van der Waals surface area contributed by atoms with Crippen LogP contribution in [-0.4, -0.2) is 7.11 Å². The van der Waals surface area contributed by atoms with Gasteiger partial charge in [0.05, 0.1) is 12.9 Å². The fraction of sp³-hybridized carbons (Fsp3) is 0.846. The second kappa shape index (κ2) is 3.29. The Kier molecular flexibility index (Phi) is 2.36. The van der Waals surface area contributed by atoms with E-state index >= 15 is 0 Å². The summed E-state index contributed by atoms with van der Waals surface area (Å²) >= 11 is 0. The van der Waals surface area contributed by atoms with E-state index in [1.54, 1.807) is 7.11 Å². The maximum atomic E-state index is 5.38. The summed E-state index contributed by atoms with van der Waals surface area (Å²) in [6.45, 7) is 6.44. The molecule has 0 radical (unpaired) electrons. The minimum Gasteiger partial charge on any atom is -0.501 e. The van der Waals surface area contributed by atoms with Crippen molar-refractivity contribution in [3.63, 3.8) is 0 Å². The van der Waals surface area contributed by atoms with Crippen LogP contribution in [0.25, 0.3) is 0 Å². The Morgan fingerprint density at radius 3 is 2.00 bits per heavy atom. The smallest absolute Gasteiger partial charge is 0.0945 e. The molecule has 80 valence electrons. The van der Waals surface area contributed by atoms with Crippen molar-refractivity contribution in [1.29, 1.82) is 0 Å².